The van der Waals surface area contributed by atoms with Crippen molar-refractivity contribution in [2.24, 2.45) is 0 Å². The van der Waals surface area contributed by atoms with Crippen molar-refractivity contribution in [2.45, 2.75) is 6.92 Å². The number of carbonyl (C=O) groups excluding carboxylic acids is 1. The number of halogens is 1. The van der Waals surface area contributed by atoms with Gasteiger partial charge >= 0.3 is 0 Å². The van der Waals surface area contributed by atoms with Crippen molar-refractivity contribution in [1.29, 1.82) is 0 Å². The zero-order valence-electron chi connectivity index (χ0n) is 9.74. The molecule has 0 aliphatic carbocycles. The molecule has 94 valence electrons. The van der Waals surface area contributed by atoms with Gasteiger partial charge in [-0.25, -0.2) is 4.98 Å². The summed E-state index contributed by atoms with van der Waals surface area (Å²) in [7, 11) is 0. The summed E-state index contributed by atoms with van der Waals surface area (Å²) in [6.07, 6.45) is 0. The Labute approximate surface area is 114 Å². The molecule has 4 nitrogen and oxygen atoms in total. The smallest absolute Gasteiger partial charge is 0.270 e. The lowest BCUT2D eigenvalue weighted by atomic mass is 10.3. The molecular formula is C12H12ClN3OS. The van der Waals surface area contributed by atoms with E-state index >= 15 is 0 Å². The zero-order valence-corrected chi connectivity index (χ0v) is 11.3. The Morgan fingerprint density at radius 3 is 3.06 bits per heavy atom. The highest BCUT2D eigenvalue weighted by Gasteiger charge is 2.09. The molecule has 0 fully saturated rings. The van der Waals surface area contributed by atoms with Crippen molar-refractivity contribution in [3.8, 4) is 0 Å². The summed E-state index contributed by atoms with van der Waals surface area (Å²) in [4.78, 5) is 15.8. The van der Waals surface area contributed by atoms with Gasteiger partial charge < -0.3 is 10.6 Å². The van der Waals surface area contributed by atoms with Crippen LogP contribution in [-0.4, -0.2) is 17.4 Å². The van der Waals surface area contributed by atoms with Gasteiger partial charge in [-0.15, -0.1) is 11.3 Å². The number of amides is 1. The third-order valence-electron chi connectivity index (χ3n) is 2.15. The lowest BCUT2D eigenvalue weighted by molar-refractivity contribution is 0.0951. The molecule has 0 aliphatic rings. The molecular weight excluding hydrogens is 270 g/mol. The van der Waals surface area contributed by atoms with E-state index in [1.807, 2.05) is 19.1 Å². The molecule has 2 aromatic rings. The molecule has 6 heteroatoms. The molecule has 18 heavy (non-hydrogen) atoms. The van der Waals surface area contributed by atoms with E-state index in [0.29, 0.717) is 22.4 Å². The minimum atomic E-state index is -0.159. The van der Waals surface area contributed by atoms with Crippen LogP contribution in [0.3, 0.4) is 0 Å². The van der Waals surface area contributed by atoms with Crippen LogP contribution in [0, 0.1) is 0 Å². The van der Waals surface area contributed by atoms with Gasteiger partial charge in [-0.1, -0.05) is 17.7 Å². The second-order valence-corrected chi connectivity index (χ2v) is 4.83. The van der Waals surface area contributed by atoms with Crippen LogP contribution >= 0.6 is 22.9 Å². The average Bonchev–Trinajstić information content (AvgIpc) is 2.78. The maximum atomic E-state index is 11.5. The summed E-state index contributed by atoms with van der Waals surface area (Å²) in [5.41, 5.74) is 1.27. The van der Waals surface area contributed by atoms with Gasteiger partial charge in [0.05, 0.1) is 0 Å². The number of benzene rings is 1. The van der Waals surface area contributed by atoms with Crippen molar-refractivity contribution >= 4 is 39.7 Å². The van der Waals surface area contributed by atoms with Crippen molar-refractivity contribution in [3.05, 3.63) is 40.4 Å². The second kappa shape index (κ2) is 5.84. The molecule has 1 heterocycles. The zero-order chi connectivity index (χ0) is 13.0. The first-order valence-electron chi connectivity index (χ1n) is 5.45. The van der Waals surface area contributed by atoms with E-state index in [1.54, 1.807) is 17.5 Å². The molecule has 0 bridgehead atoms. The maximum Gasteiger partial charge on any atom is 0.270 e. The molecule has 0 unspecified atom stereocenters. The van der Waals surface area contributed by atoms with Gasteiger partial charge in [0.15, 0.2) is 5.13 Å². The molecule has 2 N–H and O–H groups in total. The number of anilines is 2. The number of carbonyl (C=O) groups is 1. The first-order chi connectivity index (χ1) is 8.69. The van der Waals surface area contributed by atoms with Crippen molar-refractivity contribution in [2.75, 3.05) is 11.9 Å². The SMILES string of the molecule is CCNC(=O)c1csc(Nc2cccc(Cl)c2)n1. The summed E-state index contributed by atoms with van der Waals surface area (Å²) in [6, 6.07) is 7.34. The van der Waals surface area contributed by atoms with Gasteiger partial charge in [0.25, 0.3) is 5.91 Å². The van der Waals surface area contributed by atoms with E-state index in [-0.39, 0.29) is 5.91 Å². The fraction of sp³-hybridized carbons (Fsp3) is 0.167. The summed E-state index contributed by atoms with van der Waals surface area (Å²) >= 11 is 7.27. The molecule has 0 spiro atoms. The van der Waals surface area contributed by atoms with E-state index in [1.165, 1.54) is 11.3 Å². The van der Waals surface area contributed by atoms with Gasteiger partial charge in [0, 0.05) is 22.6 Å². The Morgan fingerprint density at radius 1 is 1.50 bits per heavy atom. The minimum absolute atomic E-state index is 0.159. The van der Waals surface area contributed by atoms with Crippen LogP contribution in [0.4, 0.5) is 10.8 Å². The molecule has 1 aromatic carbocycles. The molecule has 0 radical (unpaired) electrons. The van der Waals surface area contributed by atoms with E-state index in [4.69, 9.17) is 11.6 Å². The van der Waals surface area contributed by atoms with Crippen molar-refractivity contribution < 1.29 is 4.79 Å². The maximum absolute atomic E-state index is 11.5. The second-order valence-electron chi connectivity index (χ2n) is 3.53. The van der Waals surface area contributed by atoms with Crippen LogP contribution in [0.2, 0.25) is 5.02 Å². The number of nitrogens with one attached hydrogen (secondary N) is 2. The molecule has 0 saturated carbocycles. The van der Waals surface area contributed by atoms with Crippen LogP contribution in [-0.2, 0) is 0 Å². The highest BCUT2D eigenvalue weighted by atomic mass is 35.5. The van der Waals surface area contributed by atoms with E-state index in [2.05, 4.69) is 15.6 Å². The Bertz CT molecular complexity index is 556. The lowest BCUT2D eigenvalue weighted by Crippen LogP contribution is -2.22. The average molecular weight is 282 g/mol. The molecule has 1 amide bonds. The Kier molecular flexibility index (Phi) is 4.17. The molecule has 1 aromatic heterocycles. The number of rotatable bonds is 4. The van der Waals surface area contributed by atoms with Gasteiger partial charge in [-0.2, -0.15) is 0 Å². The quantitative estimate of drug-likeness (QED) is 0.904. The molecule has 2 rings (SSSR count). The molecule has 0 aliphatic heterocycles. The third kappa shape index (κ3) is 3.21. The normalized spacial score (nSPS) is 10.1. The van der Waals surface area contributed by atoms with Crippen LogP contribution in [0.5, 0.6) is 0 Å². The molecule has 0 atom stereocenters. The monoisotopic (exact) mass is 281 g/mol. The Hall–Kier alpha value is -1.59. The van der Waals surface area contributed by atoms with E-state index in [0.717, 1.165) is 5.69 Å². The largest absolute Gasteiger partial charge is 0.351 e. The summed E-state index contributed by atoms with van der Waals surface area (Å²) in [6.45, 7) is 2.46. The highest BCUT2D eigenvalue weighted by molar-refractivity contribution is 7.14. The van der Waals surface area contributed by atoms with Gasteiger partial charge in [0.2, 0.25) is 0 Å². The van der Waals surface area contributed by atoms with Gasteiger partial charge in [0.1, 0.15) is 5.69 Å². The number of hydrogen-bond donors (Lipinski definition) is 2. The van der Waals surface area contributed by atoms with Crippen molar-refractivity contribution in [3.63, 3.8) is 0 Å². The van der Waals surface area contributed by atoms with Crippen LogP contribution < -0.4 is 10.6 Å². The predicted octanol–water partition coefficient (Wildman–Crippen LogP) is 3.29. The van der Waals surface area contributed by atoms with Gasteiger partial charge in [-0.3, -0.25) is 4.79 Å². The number of thiazole rings is 1. The summed E-state index contributed by atoms with van der Waals surface area (Å²) in [5.74, 6) is -0.159. The minimum Gasteiger partial charge on any atom is -0.351 e. The highest BCUT2D eigenvalue weighted by Crippen LogP contribution is 2.22. The number of hydrogen-bond acceptors (Lipinski definition) is 4. The lowest BCUT2D eigenvalue weighted by Gasteiger charge is -2.02. The predicted molar refractivity (Wildman–Crippen MR) is 74.9 cm³/mol. The summed E-state index contributed by atoms with van der Waals surface area (Å²) in [5, 5.41) is 8.85. The van der Waals surface area contributed by atoms with Crippen LogP contribution in [0.15, 0.2) is 29.6 Å². The van der Waals surface area contributed by atoms with Crippen LogP contribution in [0.25, 0.3) is 0 Å². The fourth-order valence-electron chi connectivity index (χ4n) is 1.38. The van der Waals surface area contributed by atoms with Gasteiger partial charge in [-0.05, 0) is 25.1 Å². The van der Waals surface area contributed by atoms with E-state index < -0.39 is 0 Å². The number of aromatic nitrogens is 1. The first kappa shape index (κ1) is 12.9. The standard InChI is InChI=1S/C12H12ClN3OS/c1-2-14-11(17)10-7-18-12(16-10)15-9-5-3-4-8(13)6-9/h3-7H,2H2,1H3,(H,14,17)(H,15,16). The van der Waals surface area contributed by atoms with Crippen molar-refractivity contribution in [1.82, 2.24) is 10.3 Å². The Balaban J connectivity index is 2.09. The number of nitrogens with zero attached hydrogens (tertiary/aromatic N) is 1. The third-order valence-corrected chi connectivity index (χ3v) is 3.14. The Morgan fingerprint density at radius 2 is 2.33 bits per heavy atom. The topological polar surface area (TPSA) is 54.0 Å². The first-order valence-corrected chi connectivity index (χ1v) is 6.71. The summed E-state index contributed by atoms with van der Waals surface area (Å²) < 4.78 is 0. The van der Waals surface area contributed by atoms with E-state index in [9.17, 15) is 4.79 Å². The van der Waals surface area contributed by atoms with Crippen LogP contribution in [0.1, 0.15) is 17.4 Å². The fourth-order valence-corrected chi connectivity index (χ4v) is 2.28. The molecule has 0 saturated heterocycles.